The zero-order valence-corrected chi connectivity index (χ0v) is 18.5. The Bertz CT molecular complexity index is 1630. The van der Waals surface area contributed by atoms with Gasteiger partial charge in [-0.05, 0) is 37.3 Å². The molecule has 0 fully saturated rings. The zero-order chi connectivity index (χ0) is 23.2. The summed E-state index contributed by atoms with van der Waals surface area (Å²) in [4.78, 5) is 12.8. The lowest BCUT2D eigenvalue weighted by Gasteiger charge is -2.13. The van der Waals surface area contributed by atoms with E-state index in [1.807, 2.05) is 37.3 Å². The molecule has 0 spiro atoms. The number of benzene rings is 2. The van der Waals surface area contributed by atoms with Crippen molar-refractivity contribution >= 4 is 38.1 Å². The van der Waals surface area contributed by atoms with E-state index in [1.54, 1.807) is 22.7 Å². The van der Waals surface area contributed by atoms with Gasteiger partial charge < -0.3 is 10.1 Å². The van der Waals surface area contributed by atoms with E-state index >= 15 is 0 Å². The first kappa shape index (κ1) is 20.8. The molecule has 33 heavy (non-hydrogen) atoms. The number of primary sulfonamides is 1. The Balaban J connectivity index is 1.67. The van der Waals surface area contributed by atoms with E-state index in [-0.39, 0.29) is 4.90 Å². The largest absolute Gasteiger partial charge is 0.481 e. The molecule has 0 saturated carbocycles. The highest BCUT2D eigenvalue weighted by atomic mass is 32.2. The molecule has 0 aliphatic heterocycles. The molecule has 5 aromatic rings. The van der Waals surface area contributed by atoms with Crippen LogP contribution >= 0.6 is 0 Å². The molecule has 0 atom stereocenters. The fourth-order valence-electron chi connectivity index (χ4n) is 3.66. The number of methoxy groups -OCH3 is 1. The third kappa shape index (κ3) is 3.83. The highest BCUT2D eigenvalue weighted by Gasteiger charge is 2.18. The minimum Gasteiger partial charge on any atom is -0.481 e. The Labute approximate surface area is 189 Å². The van der Waals surface area contributed by atoms with E-state index in [1.165, 1.54) is 19.5 Å². The molecule has 3 heterocycles. The lowest BCUT2D eigenvalue weighted by molar-refractivity contribution is 0.397. The molecule has 3 aromatic heterocycles. The Morgan fingerprint density at radius 2 is 1.88 bits per heavy atom. The monoisotopic (exact) mass is 461 g/mol. The van der Waals surface area contributed by atoms with Crippen LogP contribution in [-0.4, -0.2) is 40.1 Å². The number of nitrogens with one attached hydrogen (secondary N) is 1. The normalized spacial score (nSPS) is 11.7. The Morgan fingerprint density at radius 1 is 1.06 bits per heavy atom. The van der Waals surface area contributed by atoms with Gasteiger partial charge in [0.25, 0.3) is 0 Å². The number of nitrogens with zero attached hydrogens (tertiary/aromatic N) is 5. The predicted molar refractivity (Wildman–Crippen MR) is 124 cm³/mol. The van der Waals surface area contributed by atoms with Gasteiger partial charge in [0.15, 0.2) is 5.65 Å². The van der Waals surface area contributed by atoms with E-state index in [9.17, 15) is 8.42 Å². The maximum Gasteiger partial charge on any atom is 0.238 e. The van der Waals surface area contributed by atoms with Crippen LogP contribution < -0.4 is 15.2 Å². The van der Waals surface area contributed by atoms with Gasteiger partial charge in [-0.3, -0.25) is 0 Å². The molecule has 10 nitrogen and oxygen atoms in total. The van der Waals surface area contributed by atoms with Crippen molar-refractivity contribution in [3.8, 4) is 17.1 Å². The summed E-state index contributed by atoms with van der Waals surface area (Å²) in [6.07, 6.45) is 1.30. The number of fused-ring (bicyclic) bond motifs is 3. The van der Waals surface area contributed by atoms with Crippen molar-refractivity contribution in [3.63, 3.8) is 0 Å². The van der Waals surface area contributed by atoms with E-state index in [0.29, 0.717) is 34.3 Å². The van der Waals surface area contributed by atoms with E-state index in [4.69, 9.17) is 14.9 Å². The van der Waals surface area contributed by atoms with Crippen molar-refractivity contribution in [3.05, 3.63) is 66.6 Å². The van der Waals surface area contributed by atoms with Crippen LogP contribution in [0.15, 0.2) is 65.8 Å². The van der Waals surface area contributed by atoms with Crippen molar-refractivity contribution < 1.29 is 13.2 Å². The van der Waals surface area contributed by atoms with Crippen molar-refractivity contribution in [2.24, 2.45) is 5.14 Å². The number of hydrogen-bond acceptors (Lipinski definition) is 8. The standard InChI is InChI=1S/C22H19N7O3S/c1-13-9-20-27-22(15-5-3-4-6-18(15)29(20)28-13)26-14-7-8-19(33(23,30)31)16(10-14)17-11-21(32-2)25-12-24-17/h3-12H,1-2H3,(H,26,27)(H2,23,30,31). The van der Waals surface area contributed by atoms with Gasteiger partial charge in [0.05, 0.1) is 28.9 Å². The molecule has 5 rings (SSSR count). The predicted octanol–water partition coefficient (Wildman–Crippen LogP) is 3.05. The molecule has 0 aliphatic carbocycles. The molecular formula is C22H19N7O3S. The summed E-state index contributed by atoms with van der Waals surface area (Å²) >= 11 is 0. The topological polar surface area (TPSA) is 137 Å². The molecule has 11 heteroatoms. The molecule has 166 valence electrons. The minimum absolute atomic E-state index is 0.0616. The molecule has 2 aromatic carbocycles. The summed E-state index contributed by atoms with van der Waals surface area (Å²) in [5, 5.41) is 14.1. The van der Waals surface area contributed by atoms with Crippen LogP contribution in [0.2, 0.25) is 0 Å². The van der Waals surface area contributed by atoms with Gasteiger partial charge >= 0.3 is 0 Å². The highest BCUT2D eigenvalue weighted by molar-refractivity contribution is 7.89. The lowest BCUT2D eigenvalue weighted by Crippen LogP contribution is -2.14. The summed E-state index contributed by atoms with van der Waals surface area (Å²) in [7, 11) is -2.54. The SMILES string of the molecule is COc1cc(-c2cc(Nc3nc4cc(C)nn4c4ccccc34)ccc2S(N)(=O)=O)ncn1. The van der Waals surface area contributed by atoms with Gasteiger partial charge in [-0.2, -0.15) is 5.10 Å². The van der Waals surface area contributed by atoms with Crippen molar-refractivity contribution in [1.29, 1.82) is 0 Å². The summed E-state index contributed by atoms with van der Waals surface area (Å²) in [6, 6.07) is 15.9. The molecule has 0 aliphatic rings. The molecule has 0 unspecified atom stereocenters. The van der Waals surface area contributed by atoms with Gasteiger partial charge in [0.1, 0.15) is 12.1 Å². The van der Waals surface area contributed by atoms with Gasteiger partial charge in [0, 0.05) is 28.8 Å². The number of para-hydroxylation sites is 1. The van der Waals surface area contributed by atoms with Crippen LogP contribution in [0.5, 0.6) is 5.88 Å². The van der Waals surface area contributed by atoms with Gasteiger partial charge in [-0.25, -0.2) is 33.0 Å². The first-order valence-electron chi connectivity index (χ1n) is 9.89. The van der Waals surface area contributed by atoms with E-state index in [2.05, 4.69) is 20.4 Å². The first-order valence-corrected chi connectivity index (χ1v) is 11.4. The first-order chi connectivity index (χ1) is 15.8. The number of rotatable bonds is 5. The second-order valence-electron chi connectivity index (χ2n) is 7.36. The second-order valence-corrected chi connectivity index (χ2v) is 8.89. The summed E-state index contributed by atoms with van der Waals surface area (Å²) < 4.78 is 31.4. The number of anilines is 2. The highest BCUT2D eigenvalue weighted by Crippen LogP contribution is 2.32. The number of ether oxygens (including phenoxy) is 1. The summed E-state index contributed by atoms with van der Waals surface area (Å²) in [5.74, 6) is 0.903. The number of sulfonamides is 1. The quantitative estimate of drug-likeness (QED) is 0.407. The Kier molecular flexibility index (Phi) is 4.91. The zero-order valence-electron chi connectivity index (χ0n) is 17.7. The molecular weight excluding hydrogens is 442 g/mol. The number of aromatic nitrogens is 5. The van der Waals surface area contributed by atoms with Crippen LogP contribution in [0, 0.1) is 6.92 Å². The average Bonchev–Trinajstić information content (AvgIpc) is 3.19. The van der Waals surface area contributed by atoms with Crippen molar-refractivity contribution in [2.45, 2.75) is 11.8 Å². The fraction of sp³-hybridized carbons (Fsp3) is 0.0909. The third-order valence-corrected chi connectivity index (χ3v) is 6.07. The molecule has 0 bridgehead atoms. The average molecular weight is 462 g/mol. The van der Waals surface area contributed by atoms with Crippen LogP contribution in [0.1, 0.15) is 5.69 Å². The van der Waals surface area contributed by atoms with Gasteiger partial charge in [-0.1, -0.05) is 12.1 Å². The molecule has 0 radical (unpaired) electrons. The third-order valence-electron chi connectivity index (χ3n) is 5.10. The van der Waals surface area contributed by atoms with Gasteiger partial charge in [0.2, 0.25) is 15.9 Å². The van der Waals surface area contributed by atoms with Crippen molar-refractivity contribution in [2.75, 3.05) is 12.4 Å². The fourth-order valence-corrected chi connectivity index (χ4v) is 4.39. The van der Waals surface area contributed by atoms with Gasteiger partial charge in [-0.15, -0.1) is 0 Å². The Morgan fingerprint density at radius 3 is 2.67 bits per heavy atom. The van der Waals surface area contributed by atoms with Crippen molar-refractivity contribution in [1.82, 2.24) is 24.6 Å². The van der Waals surface area contributed by atoms with Crippen LogP contribution in [0.25, 0.3) is 27.8 Å². The summed E-state index contributed by atoms with van der Waals surface area (Å²) in [5.41, 5.74) is 3.70. The van der Waals surface area contributed by atoms with Crippen LogP contribution in [0.4, 0.5) is 11.5 Å². The molecule has 0 saturated heterocycles. The maximum absolute atomic E-state index is 12.2. The smallest absolute Gasteiger partial charge is 0.238 e. The van der Waals surface area contributed by atoms with Crippen LogP contribution in [0.3, 0.4) is 0 Å². The Hall–Kier alpha value is -4.09. The number of aryl methyl sites for hydroxylation is 1. The van der Waals surface area contributed by atoms with Crippen LogP contribution in [-0.2, 0) is 10.0 Å². The maximum atomic E-state index is 12.2. The number of nitrogens with two attached hydrogens (primary N) is 1. The lowest BCUT2D eigenvalue weighted by atomic mass is 10.1. The van der Waals surface area contributed by atoms with E-state index < -0.39 is 10.0 Å². The number of hydrogen-bond donors (Lipinski definition) is 2. The van der Waals surface area contributed by atoms with E-state index in [0.717, 1.165) is 16.6 Å². The second kappa shape index (κ2) is 7.80. The summed E-state index contributed by atoms with van der Waals surface area (Å²) in [6.45, 7) is 1.91. The molecule has 3 N–H and O–H groups in total. The minimum atomic E-state index is -4.01. The molecule has 0 amide bonds.